The molecular formula is C25H38N4O6. The van der Waals surface area contributed by atoms with Crippen LogP contribution in [-0.2, 0) is 14.3 Å². The summed E-state index contributed by atoms with van der Waals surface area (Å²) in [5, 5.41) is 5.99. The normalized spacial score (nSPS) is 21.9. The molecule has 10 heteroatoms. The van der Waals surface area contributed by atoms with Gasteiger partial charge in [0, 0.05) is 44.4 Å². The Morgan fingerprint density at radius 3 is 2.69 bits per heavy atom. The van der Waals surface area contributed by atoms with E-state index in [0.29, 0.717) is 17.0 Å². The molecule has 3 rings (SSSR count). The Labute approximate surface area is 207 Å². The molecule has 2 aliphatic rings. The molecule has 35 heavy (non-hydrogen) atoms. The molecular weight excluding hydrogens is 452 g/mol. The van der Waals surface area contributed by atoms with Crippen molar-refractivity contribution in [3.8, 4) is 5.75 Å². The standard InChI is InChI=1S/C25H38N4O6/c1-16(2)29(18-8-7-9-26-14-18)22(30)19-13-20-21(12-17(19)3)35-25(4,15-33-5)23(31)28(20)11-10-27-24(32)34-6/h12-13,16,18,26H,7-11,14-15H2,1-6H3,(H,27,32)/t18-,25?/m1/s1. The summed E-state index contributed by atoms with van der Waals surface area (Å²) in [6, 6.07) is 3.67. The second-order valence-corrected chi connectivity index (χ2v) is 9.58. The number of fused-ring (bicyclic) bond motifs is 1. The maximum Gasteiger partial charge on any atom is 0.406 e. The molecule has 2 atom stereocenters. The molecule has 2 aliphatic heterocycles. The topological polar surface area (TPSA) is 109 Å². The maximum absolute atomic E-state index is 13.8. The molecule has 0 bridgehead atoms. The Morgan fingerprint density at radius 1 is 1.34 bits per heavy atom. The minimum atomic E-state index is -1.23. The van der Waals surface area contributed by atoms with E-state index in [1.807, 2.05) is 25.7 Å². The predicted octanol–water partition coefficient (Wildman–Crippen LogP) is 2.08. The number of hydrogen-bond donors (Lipinski definition) is 2. The molecule has 10 nitrogen and oxygen atoms in total. The Bertz CT molecular complexity index is 946. The van der Waals surface area contributed by atoms with Crippen molar-refractivity contribution in [1.29, 1.82) is 0 Å². The van der Waals surface area contributed by atoms with Crippen LogP contribution >= 0.6 is 0 Å². The molecule has 0 saturated carbocycles. The lowest BCUT2D eigenvalue weighted by Gasteiger charge is -2.41. The van der Waals surface area contributed by atoms with Crippen LogP contribution in [0.25, 0.3) is 0 Å². The number of ether oxygens (including phenoxy) is 3. The van der Waals surface area contributed by atoms with Gasteiger partial charge in [-0.05, 0) is 64.8 Å². The average molecular weight is 491 g/mol. The largest absolute Gasteiger partial charge is 0.473 e. The van der Waals surface area contributed by atoms with Crippen molar-refractivity contribution >= 4 is 23.6 Å². The van der Waals surface area contributed by atoms with Crippen molar-refractivity contribution in [2.45, 2.75) is 58.2 Å². The summed E-state index contributed by atoms with van der Waals surface area (Å²) in [6.07, 6.45) is 1.38. The molecule has 1 fully saturated rings. The molecule has 1 unspecified atom stereocenters. The fraction of sp³-hybridized carbons (Fsp3) is 0.640. The van der Waals surface area contributed by atoms with E-state index < -0.39 is 11.7 Å². The smallest absolute Gasteiger partial charge is 0.406 e. The van der Waals surface area contributed by atoms with Gasteiger partial charge in [-0.3, -0.25) is 9.59 Å². The number of hydrogen-bond acceptors (Lipinski definition) is 7. The van der Waals surface area contributed by atoms with Crippen LogP contribution in [0.15, 0.2) is 12.1 Å². The zero-order chi connectivity index (χ0) is 25.8. The lowest BCUT2D eigenvalue weighted by molar-refractivity contribution is -0.138. The second kappa shape index (κ2) is 11.3. The Hall–Kier alpha value is -2.85. The highest BCUT2D eigenvalue weighted by Crippen LogP contribution is 2.40. The molecule has 0 aromatic heterocycles. The second-order valence-electron chi connectivity index (χ2n) is 9.58. The van der Waals surface area contributed by atoms with E-state index in [2.05, 4.69) is 15.4 Å². The van der Waals surface area contributed by atoms with Gasteiger partial charge < -0.3 is 34.6 Å². The van der Waals surface area contributed by atoms with Gasteiger partial charge in [0.2, 0.25) is 5.60 Å². The minimum absolute atomic E-state index is 0.0195. The van der Waals surface area contributed by atoms with Gasteiger partial charge in [0.15, 0.2) is 0 Å². The van der Waals surface area contributed by atoms with Crippen LogP contribution in [0.2, 0.25) is 0 Å². The average Bonchev–Trinajstić information content (AvgIpc) is 2.81. The fourth-order valence-electron chi connectivity index (χ4n) is 4.84. The van der Waals surface area contributed by atoms with Crippen LogP contribution in [0, 0.1) is 6.92 Å². The first-order valence-corrected chi connectivity index (χ1v) is 12.1. The van der Waals surface area contributed by atoms with Gasteiger partial charge in [-0.25, -0.2) is 4.79 Å². The van der Waals surface area contributed by atoms with Crippen LogP contribution < -0.4 is 20.3 Å². The summed E-state index contributed by atoms with van der Waals surface area (Å²) < 4.78 is 16.0. The van der Waals surface area contributed by atoms with E-state index in [-0.39, 0.29) is 43.6 Å². The molecule has 2 N–H and O–H groups in total. The lowest BCUT2D eigenvalue weighted by Crippen LogP contribution is -2.58. The van der Waals surface area contributed by atoms with Crippen LogP contribution in [0.5, 0.6) is 5.75 Å². The number of benzene rings is 1. The monoisotopic (exact) mass is 490 g/mol. The number of methoxy groups -OCH3 is 2. The molecule has 194 valence electrons. The van der Waals surface area contributed by atoms with Gasteiger partial charge in [-0.15, -0.1) is 0 Å². The molecule has 0 radical (unpaired) electrons. The first kappa shape index (κ1) is 26.7. The van der Waals surface area contributed by atoms with Crippen molar-refractivity contribution in [2.24, 2.45) is 0 Å². The Kier molecular flexibility index (Phi) is 8.60. The molecule has 0 aliphatic carbocycles. The summed E-state index contributed by atoms with van der Waals surface area (Å²) in [6.45, 7) is 9.72. The zero-order valence-corrected chi connectivity index (χ0v) is 21.6. The van der Waals surface area contributed by atoms with Gasteiger partial charge in [0.25, 0.3) is 11.8 Å². The number of nitrogens with one attached hydrogen (secondary N) is 2. The Morgan fingerprint density at radius 2 is 2.09 bits per heavy atom. The predicted molar refractivity (Wildman–Crippen MR) is 132 cm³/mol. The van der Waals surface area contributed by atoms with Crippen LogP contribution in [-0.4, -0.2) is 87.5 Å². The fourth-order valence-corrected chi connectivity index (χ4v) is 4.84. The van der Waals surface area contributed by atoms with Crippen molar-refractivity contribution in [2.75, 3.05) is 51.9 Å². The molecule has 0 spiro atoms. The lowest BCUT2D eigenvalue weighted by atomic mass is 9.97. The van der Waals surface area contributed by atoms with E-state index in [1.165, 1.54) is 14.2 Å². The number of piperidine rings is 1. The summed E-state index contributed by atoms with van der Waals surface area (Å²) in [5.74, 6) is 0.115. The number of anilines is 1. The van der Waals surface area contributed by atoms with E-state index in [4.69, 9.17) is 9.47 Å². The first-order chi connectivity index (χ1) is 16.6. The third-order valence-electron chi connectivity index (χ3n) is 6.52. The van der Waals surface area contributed by atoms with E-state index in [1.54, 1.807) is 24.0 Å². The summed E-state index contributed by atoms with van der Waals surface area (Å²) in [7, 11) is 2.79. The third-order valence-corrected chi connectivity index (χ3v) is 6.52. The molecule has 1 saturated heterocycles. The van der Waals surface area contributed by atoms with Crippen LogP contribution in [0.3, 0.4) is 0 Å². The molecule has 1 aromatic rings. The highest BCUT2D eigenvalue weighted by Gasteiger charge is 2.45. The van der Waals surface area contributed by atoms with Crippen molar-refractivity contribution < 1.29 is 28.6 Å². The van der Waals surface area contributed by atoms with Crippen molar-refractivity contribution in [1.82, 2.24) is 15.5 Å². The van der Waals surface area contributed by atoms with Gasteiger partial charge in [0.1, 0.15) is 5.75 Å². The highest BCUT2D eigenvalue weighted by molar-refractivity contribution is 6.05. The number of carbonyl (C=O) groups is 3. The quantitative estimate of drug-likeness (QED) is 0.574. The van der Waals surface area contributed by atoms with Gasteiger partial charge in [-0.2, -0.15) is 0 Å². The van der Waals surface area contributed by atoms with Crippen molar-refractivity contribution in [3.63, 3.8) is 0 Å². The molecule has 3 amide bonds. The summed E-state index contributed by atoms with van der Waals surface area (Å²) in [4.78, 5) is 42.3. The van der Waals surface area contributed by atoms with Crippen LogP contribution in [0.1, 0.15) is 49.5 Å². The maximum atomic E-state index is 13.8. The SMILES string of the molecule is COCC1(C)Oc2cc(C)c(C(=O)N(C(C)C)[C@@H]3CCCNC3)cc2N(CCNC(=O)OC)C1=O. The number of rotatable bonds is 8. The van der Waals surface area contributed by atoms with Gasteiger partial charge in [-0.1, -0.05) is 0 Å². The number of aryl methyl sites for hydroxylation is 1. The highest BCUT2D eigenvalue weighted by atomic mass is 16.5. The van der Waals surface area contributed by atoms with Crippen LogP contribution in [0.4, 0.5) is 10.5 Å². The van der Waals surface area contributed by atoms with Gasteiger partial charge >= 0.3 is 6.09 Å². The van der Waals surface area contributed by atoms with Crippen molar-refractivity contribution in [3.05, 3.63) is 23.3 Å². The summed E-state index contributed by atoms with van der Waals surface area (Å²) >= 11 is 0. The number of carbonyl (C=O) groups excluding carboxylic acids is 3. The van der Waals surface area contributed by atoms with Gasteiger partial charge in [0.05, 0.1) is 19.4 Å². The zero-order valence-electron chi connectivity index (χ0n) is 21.6. The minimum Gasteiger partial charge on any atom is -0.473 e. The van der Waals surface area contributed by atoms with E-state index >= 15 is 0 Å². The third kappa shape index (κ3) is 5.70. The number of nitrogens with zero attached hydrogens (tertiary/aromatic N) is 2. The van der Waals surface area contributed by atoms with E-state index in [0.717, 1.165) is 31.5 Å². The number of amides is 3. The van der Waals surface area contributed by atoms with E-state index in [9.17, 15) is 14.4 Å². The Balaban J connectivity index is 1.99. The summed E-state index contributed by atoms with van der Waals surface area (Å²) in [5.41, 5.74) is 0.559. The molecule has 1 aromatic carbocycles. The number of alkyl carbamates (subject to hydrolysis) is 1. The first-order valence-electron chi connectivity index (χ1n) is 12.1. The molecule has 2 heterocycles.